The smallest absolute Gasteiger partial charge is 0.337 e. The molecule has 0 bridgehead atoms. The number of benzene rings is 3. The molecule has 3 aromatic carbocycles. The van der Waals surface area contributed by atoms with E-state index in [0.29, 0.717) is 45.2 Å². The molecule has 9 nitrogen and oxygen atoms in total. The molecule has 186 valence electrons. The van der Waals surface area contributed by atoms with E-state index >= 15 is 0 Å². The summed E-state index contributed by atoms with van der Waals surface area (Å²) in [4.78, 5) is 24.7. The minimum atomic E-state index is -0.973. The maximum absolute atomic E-state index is 12.9. The number of carbonyl (C=O) groups excluding carboxylic acids is 2. The minimum absolute atomic E-state index is 0.0953. The van der Waals surface area contributed by atoms with E-state index in [2.05, 4.69) is 11.4 Å². The van der Waals surface area contributed by atoms with E-state index < -0.39 is 18.0 Å². The zero-order chi connectivity index (χ0) is 26.1. The molecule has 3 rings (SSSR count). The number of nitrogens with zero attached hydrogens (tertiary/aromatic N) is 1. The van der Waals surface area contributed by atoms with E-state index in [9.17, 15) is 9.59 Å². The summed E-state index contributed by atoms with van der Waals surface area (Å²) >= 11 is 0. The van der Waals surface area contributed by atoms with E-state index in [4.69, 9.17) is 28.9 Å². The Morgan fingerprint density at radius 3 is 2.19 bits per heavy atom. The van der Waals surface area contributed by atoms with Crippen LogP contribution in [0.4, 0.5) is 5.69 Å². The van der Waals surface area contributed by atoms with Crippen molar-refractivity contribution in [3.63, 3.8) is 0 Å². The second-order valence-corrected chi connectivity index (χ2v) is 7.52. The lowest BCUT2D eigenvalue weighted by atomic mass is 10.0. The van der Waals surface area contributed by atoms with E-state index in [1.807, 2.05) is 0 Å². The Morgan fingerprint density at radius 1 is 0.889 bits per heavy atom. The van der Waals surface area contributed by atoms with Gasteiger partial charge in [-0.25, -0.2) is 9.59 Å². The molecule has 36 heavy (non-hydrogen) atoms. The molecule has 1 N–H and O–H groups in total. The van der Waals surface area contributed by atoms with Gasteiger partial charge in [-0.2, -0.15) is 5.26 Å². The van der Waals surface area contributed by atoms with Gasteiger partial charge >= 0.3 is 11.9 Å². The van der Waals surface area contributed by atoms with Crippen LogP contribution in [0.1, 0.15) is 33.1 Å². The van der Waals surface area contributed by atoms with Crippen molar-refractivity contribution in [1.82, 2.24) is 0 Å². The van der Waals surface area contributed by atoms with Crippen LogP contribution in [-0.4, -0.2) is 40.4 Å². The summed E-state index contributed by atoms with van der Waals surface area (Å²) in [6, 6.07) is 17.8. The molecule has 0 amide bonds. The summed E-state index contributed by atoms with van der Waals surface area (Å²) in [5, 5.41) is 12.2. The highest BCUT2D eigenvalue weighted by molar-refractivity contribution is 5.89. The number of nitrogens with one attached hydrogen (secondary N) is 1. The van der Waals surface area contributed by atoms with Gasteiger partial charge in [0.25, 0.3) is 0 Å². The van der Waals surface area contributed by atoms with E-state index in [0.717, 1.165) is 0 Å². The minimum Gasteiger partial charge on any atom is -0.493 e. The number of ether oxygens (including phenoxy) is 5. The molecule has 0 aliphatic carbocycles. The van der Waals surface area contributed by atoms with Gasteiger partial charge in [-0.3, -0.25) is 0 Å². The van der Waals surface area contributed by atoms with Crippen LogP contribution in [0, 0.1) is 11.3 Å². The summed E-state index contributed by atoms with van der Waals surface area (Å²) in [7, 11) is 5.58. The zero-order valence-corrected chi connectivity index (χ0v) is 20.4. The predicted octanol–water partition coefficient (Wildman–Crippen LogP) is 4.27. The van der Waals surface area contributed by atoms with Gasteiger partial charge in [0.15, 0.2) is 17.5 Å². The van der Waals surface area contributed by atoms with Crippen molar-refractivity contribution < 1.29 is 33.3 Å². The summed E-state index contributed by atoms with van der Waals surface area (Å²) in [6.07, 6.45) is 0. The summed E-state index contributed by atoms with van der Waals surface area (Å²) in [5.74, 6) is 0.113. The van der Waals surface area contributed by atoms with Crippen LogP contribution in [0.5, 0.6) is 17.2 Å². The van der Waals surface area contributed by atoms with Crippen LogP contribution in [-0.2, 0) is 20.9 Å². The third-order valence-electron chi connectivity index (χ3n) is 5.33. The number of methoxy groups -OCH3 is 4. The summed E-state index contributed by atoms with van der Waals surface area (Å²) in [6.45, 7) is 0.0953. The molecule has 0 aromatic heterocycles. The highest BCUT2D eigenvalue weighted by Crippen LogP contribution is 2.39. The van der Waals surface area contributed by atoms with Crippen LogP contribution in [0.2, 0.25) is 0 Å². The maximum atomic E-state index is 12.9. The first-order valence-corrected chi connectivity index (χ1v) is 10.8. The van der Waals surface area contributed by atoms with Gasteiger partial charge in [-0.15, -0.1) is 0 Å². The fraction of sp³-hybridized carbons (Fsp3) is 0.222. The molecule has 1 unspecified atom stereocenters. The average molecular weight is 491 g/mol. The highest BCUT2D eigenvalue weighted by atomic mass is 16.5. The van der Waals surface area contributed by atoms with Crippen molar-refractivity contribution in [2.24, 2.45) is 0 Å². The zero-order valence-electron chi connectivity index (χ0n) is 20.4. The molecular weight excluding hydrogens is 464 g/mol. The number of hydrogen-bond donors (Lipinski definition) is 1. The number of nitriles is 1. The third-order valence-corrected chi connectivity index (χ3v) is 5.33. The molecular formula is C27H26N2O7. The van der Waals surface area contributed by atoms with Crippen LogP contribution >= 0.6 is 0 Å². The predicted molar refractivity (Wildman–Crippen MR) is 131 cm³/mol. The Balaban J connectivity index is 2.00. The molecule has 0 spiro atoms. The van der Waals surface area contributed by atoms with Crippen LogP contribution < -0.4 is 19.5 Å². The first-order chi connectivity index (χ1) is 17.4. The molecule has 9 heteroatoms. The quantitative estimate of drug-likeness (QED) is 0.416. The molecule has 0 saturated heterocycles. The van der Waals surface area contributed by atoms with E-state index in [1.54, 1.807) is 60.7 Å². The maximum Gasteiger partial charge on any atom is 0.337 e. The van der Waals surface area contributed by atoms with Crippen molar-refractivity contribution in [2.75, 3.05) is 33.8 Å². The monoisotopic (exact) mass is 490 g/mol. The van der Waals surface area contributed by atoms with E-state index in [1.165, 1.54) is 28.4 Å². The Hall–Kier alpha value is -4.71. The molecule has 0 aliphatic rings. The van der Waals surface area contributed by atoms with Crippen LogP contribution in [0.3, 0.4) is 0 Å². The highest BCUT2D eigenvalue weighted by Gasteiger charge is 2.27. The van der Waals surface area contributed by atoms with Crippen LogP contribution in [0.25, 0.3) is 0 Å². The molecule has 3 aromatic rings. The Kier molecular flexibility index (Phi) is 8.73. The Morgan fingerprint density at radius 2 is 1.58 bits per heavy atom. The van der Waals surface area contributed by atoms with Gasteiger partial charge in [0.05, 0.1) is 45.6 Å². The van der Waals surface area contributed by atoms with Gasteiger partial charge in [-0.1, -0.05) is 12.1 Å². The SMILES string of the molecule is COC(=O)c1cccc(COc2cc(OC)c(OC)cc2C(Nc2ccc(C#N)cc2)C(=O)OC)c1. The van der Waals surface area contributed by atoms with Gasteiger partial charge < -0.3 is 29.0 Å². The topological polar surface area (TPSA) is 116 Å². The van der Waals surface area contributed by atoms with Crippen LogP contribution in [0.15, 0.2) is 60.7 Å². The first kappa shape index (κ1) is 25.9. The number of esters is 2. The van der Waals surface area contributed by atoms with Crippen molar-refractivity contribution in [3.8, 4) is 23.3 Å². The molecule has 1 atom stereocenters. The van der Waals surface area contributed by atoms with Crippen molar-refractivity contribution >= 4 is 17.6 Å². The lowest BCUT2D eigenvalue weighted by Crippen LogP contribution is -2.23. The Labute approximate surface area is 209 Å². The van der Waals surface area contributed by atoms with Crippen molar-refractivity contribution in [1.29, 1.82) is 5.26 Å². The molecule has 0 heterocycles. The lowest BCUT2D eigenvalue weighted by molar-refractivity contribution is -0.141. The van der Waals surface area contributed by atoms with Crippen molar-refractivity contribution in [3.05, 3.63) is 82.9 Å². The second kappa shape index (κ2) is 12.1. The number of carbonyl (C=O) groups is 2. The molecule has 0 saturated carbocycles. The second-order valence-electron chi connectivity index (χ2n) is 7.52. The fourth-order valence-electron chi connectivity index (χ4n) is 3.48. The normalized spacial score (nSPS) is 11.0. The van der Waals surface area contributed by atoms with Gasteiger partial charge in [-0.05, 0) is 48.0 Å². The summed E-state index contributed by atoms with van der Waals surface area (Å²) < 4.78 is 26.8. The van der Waals surface area contributed by atoms with Gasteiger partial charge in [0.2, 0.25) is 0 Å². The Bertz CT molecular complexity index is 1270. The fourth-order valence-corrected chi connectivity index (χ4v) is 3.48. The number of rotatable bonds is 10. The number of hydrogen-bond acceptors (Lipinski definition) is 9. The lowest BCUT2D eigenvalue weighted by Gasteiger charge is -2.23. The molecule has 0 aliphatic heterocycles. The summed E-state index contributed by atoms with van der Waals surface area (Å²) in [5.41, 5.74) is 2.62. The van der Waals surface area contributed by atoms with E-state index in [-0.39, 0.29) is 6.61 Å². The van der Waals surface area contributed by atoms with Crippen molar-refractivity contribution in [2.45, 2.75) is 12.6 Å². The average Bonchev–Trinajstić information content (AvgIpc) is 2.93. The van der Waals surface area contributed by atoms with Gasteiger partial charge in [0.1, 0.15) is 12.4 Å². The largest absolute Gasteiger partial charge is 0.493 e. The number of anilines is 1. The third kappa shape index (κ3) is 6.04. The first-order valence-electron chi connectivity index (χ1n) is 10.8. The van der Waals surface area contributed by atoms with Gasteiger partial charge in [0, 0.05) is 17.3 Å². The molecule has 0 fully saturated rings. The molecule has 0 radical (unpaired) electrons. The standard InChI is InChI=1S/C27H26N2O7/c1-32-23-13-21(25(27(31)35-4)29-20-10-8-17(15-28)9-11-20)22(14-24(23)33-2)36-16-18-6-5-7-19(12-18)26(30)34-3/h5-14,25,29H,16H2,1-4H3.